The minimum atomic E-state index is -0.439. The Hall–Kier alpha value is -1.56. The van der Waals surface area contributed by atoms with Gasteiger partial charge >= 0.3 is 0 Å². The van der Waals surface area contributed by atoms with Crippen LogP contribution in [-0.2, 0) is 0 Å². The van der Waals surface area contributed by atoms with Crippen molar-refractivity contribution in [3.63, 3.8) is 0 Å². The Kier molecular flexibility index (Phi) is 4.90. The molecule has 3 aromatic rings. The van der Waals surface area contributed by atoms with E-state index in [1.54, 1.807) is 18.2 Å². The van der Waals surface area contributed by atoms with Crippen LogP contribution in [0.1, 0.15) is 18.9 Å². The number of nitrogens with zero attached hydrogens (tertiary/aromatic N) is 2. The van der Waals surface area contributed by atoms with Crippen LogP contribution < -0.4 is 4.74 Å². The van der Waals surface area contributed by atoms with Crippen LogP contribution in [0.4, 0.5) is 0 Å². The lowest BCUT2D eigenvalue weighted by atomic mass is 10.2. The summed E-state index contributed by atoms with van der Waals surface area (Å²) >= 11 is 15.4. The smallest absolute Gasteiger partial charge is 0.267 e. The second-order valence-corrected chi connectivity index (χ2v) is 6.56. The van der Waals surface area contributed by atoms with Gasteiger partial charge in [0, 0.05) is 15.1 Å². The van der Waals surface area contributed by atoms with Crippen LogP contribution in [0.3, 0.4) is 0 Å². The molecule has 1 heterocycles. The molecule has 0 spiro atoms. The lowest BCUT2D eigenvalue weighted by Gasteiger charge is -2.12. The van der Waals surface area contributed by atoms with Crippen molar-refractivity contribution in [2.45, 2.75) is 13.0 Å². The molecule has 23 heavy (non-hydrogen) atoms. The van der Waals surface area contributed by atoms with E-state index in [2.05, 4.69) is 26.1 Å². The Morgan fingerprint density at radius 3 is 2.57 bits per heavy atom. The molecule has 0 aliphatic rings. The molecule has 0 aliphatic carbocycles. The van der Waals surface area contributed by atoms with E-state index >= 15 is 0 Å². The number of ether oxygens (including phenoxy) is 1. The van der Waals surface area contributed by atoms with Gasteiger partial charge in [-0.05, 0) is 49.4 Å². The fourth-order valence-electron chi connectivity index (χ4n) is 1.93. The number of hydrogen-bond donors (Lipinski definition) is 0. The first-order valence-electron chi connectivity index (χ1n) is 6.74. The number of hydrogen-bond acceptors (Lipinski definition) is 4. The molecule has 0 saturated heterocycles. The lowest BCUT2D eigenvalue weighted by molar-refractivity contribution is 0.176. The predicted molar refractivity (Wildman–Crippen MR) is 92.9 cm³/mol. The lowest BCUT2D eigenvalue weighted by Crippen LogP contribution is -2.03. The molecule has 4 nitrogen and oxygen atoms in total. The minimum absolute atomic E-state index is 0.369. The molecule has 1 atom stereocenters. The van der Waals surface area contributed by atoms with Gasteiger partial charge in [0.15, 0.2) is 6.10 Å². The Labute approximate surface area is 151 Å². The molecular weight excluding hydrogens is 403 g/mol. The highest BCUT2D eigenvalue weighted by molar-refractivity contribution is 9.10. The molecule has 3 rings (SSSR count). The van der Waals surface area contributed by atoms with Crippen LogP contribution in [0.25, 0.3) is 11.4 Å². The quantitative estimate of drug-likeness (QED) is 0.530. The van der Waals surface area contributed by atoms with Crippen molar-refractivity contribution >= 4 is 39.1 Å². The van der Waals surface area contributed by atoms with Crippen LogP contribution in [-0.4, -0.2) is 10.1 Å². The Balaban J connectivity index is 1.78. The summed E-state index contributed by atoms with van der Waals surface area (Å²) in [6.07, 6.45) is -0.439. The highest BCUT2D eigenvalue weighted by atomic mass is 79.9. The summed E-state index contributed by atoms with van der Waals surface area (Å²) in [6.45, 7) is 1.81. The molecule has 1 aromatic heterocycles. The van der Waals surface area contributed by atoms with Gasteiger partial charge in [-0.15, -0.1) is 0 Å². The first-order chi connectivity index (χ1) is 11.0. The number of halogens is 3. The zero-order valence-corrected chi connectivity index (χ0v) is 15.1. The van der Waals surface area contributed by atoms with Crippen LogP contribution in [0, 0.1) is 0 Å². The van der Waals surface area contributed by atoms with Gasteiger partial charge in [-0.1, -0.05) is 44.3 Å². The summed E-state index contributed by atoms with van der Waals surface area (Å²) in [5.41, 5.74) is 0.861. The summed E-state index contributed by atoms with van der Waals surface area (Å²) in [4.78, 5) is 4.37. The largest absolute Gasteiger partial charge is 0.479 e. The van der Waals surface area contributed by atoms with E-state index in [0.717, 1.165) is 10.0 Å². The summed E-state index contributed by atoms with van der Waals surface area (Å²) in [5, 5.41) is 4.95. The van der Waals surface area contributed by atoms with Crippen LogP contribution in [0.2, 0.25) is 10.0 Å². The van der Waals surface area contributed by atoms with Gasteiger partial charge in [0.1, 0.15) is 5.75 Å². The second kappa shape index (κ2) is 6.91. The third-order valence-corrected chi connectivity index (χ3v) is 4.15. The zero-order chi connectivity index (χ0) is 16.4. The standard InChI is InChI=1S/C16H11BrCl2N2O2/c1-9(22-14-7-6-12(18)8-13(14)19)16-20-15(21-23-16)10-2-4-11(17)5-3-10/h2-9H,1H3. The SMILES string of the molecule is CC(Oc1ccc(Cl)cc1Cl)c1nc(-c2ccc(Br)cc2)no1. The van der Waals surface area contributed by atoms with Crippen molar-refractivity contribution in [2.24, 2.45) is 0 Å². The molecular formula is C16H11BrCl2N2O2. The zero-order valence-electron chi connectivity index (χ0n) is 12.0. The third kappa shape index (κ3) is 3.86. The fraction of sp³-hybridized carbons (Fsp3) is 0.125. The van der Waals surface area contributed by atoms with Crippen molar-refractivity contribution in [3.8, 4) is 17.1 Å². The van der Waals surface area contributed by atoms with Crippen molar-refractivity contribution in [2.75, 3.05) is 0 Å². The molecule has 0 saturated carbocycles. The maximum atomic E-state index is 6.10. The Morgan fingerprint density at radius 1 is 1.13 bits per heavy atom. The Morgan fingerprint density at radius 2 is 1.87 bits per heavy atom. The summed E-state index contributed by atoms with van der Waals surface area (Å²) < 4.78 is 12.0. The van der Waals surface area contributed by atoms with Crippen molar-refractivity contribution < 1.29 is 9.26 Å². The van der Waals surface area contributed by atoms with Gasteiger partial charge < -0.3 is 9.26 Å². The van der Waals surface area contributed by atoms with Gasteiger partial charge in [0.25, 0.3) is 5.89 Å². The summed E-state index contributed by atoms with van der Waals surface area (Å²) in [7, 11) is 0. The van der Waals surface area contributed by atoms with E-state index in [4.69, 9.17) is 32.5 Å². The fourth-order valence-corrected chi connectivity index (χ4v) is 2.65. The molecule has 0 aliphatic heterocycles. The highest BCUT2D eigenvalue weighted by Gasteiger charge is 2.18. The predicted octanol–water partition coefficient (Wildman–Crippen LogP) is 5.95. The third-order valence-electron chi connectivity index (χ3n) is 3.09. The van der Waals surface area contributed by atoms with E-state index < -0.39 is 6.10 Å². The maximum Gasteiger partial charge on any atom is 0.267 e. The molecule has 0 N–H and O–H groups in total. The number of aromatic nitrogens is 2. The average Bonchev–Trinajstić information content (AvgIpc) is 3.01. The van der Waals surface area contributed by atoms with Crippen LogP contribution >= 0.6 is 39.1 Å². The summed E-state index contributed by atoms with van der Waals surface area (Å²) in [5.74, 6) is 1.38. The van der Waals surface area contributed by atoms with Crippen LogP contribution in [0.5, 0.6) is 5.75 Å². The molecule has 1 unspecified atom stereocenters. The topological polar surface area (TPSA) is 48.2 Å². The van der Waals surface area contributed by atoms with Gasteiger partial charge in [-0.2, -0.15) is 4.98 Å². The molecule has 0 radical (unpaired) electrons. The Bertz CT molecular complexity index is 821. The van der Waals surface area contributed by atoms with E-state index in [0.29, 0.717) is 27.5 Å². The molecule has 118 valence electrons. The number of rotatable bonds is 4. The van der Waals surface area contributed by atoms with Gasteiger partial charge in [-0.25, -0.2) is 0 Å². The maximum absolute atomic E-state index is 6.10. The molecule has 0 bridgehead atoms. The van der Waals surface area contributed by atoms with Crippen molar-refractivity contribution in [1.29, 1.82) is 0 Å². The molecule has 2 aromatic carbocycles. The summed E-state index contributed by atoms with van der Waals surface area (Å²) in [6, 6.07) is 12.7. The molecule has 7 heteroatoms. The van der Waals surface area contributed by atoms with E-state index in [-0.39, 0.29) is 0 Å². The normalized spacial score (nSPS) is 12.2. The van der Waals surface area contributed by atoms with Gasteiger partial charge in [0.2, 0.25) is 5.82 Å². The van der Waals surface area contributed by atoms with E-state index in [1.807, 2.05) is 31.2 Å². The average molecular weight is 414 g/mol. The molecule has 0 amide bonds. The van der Waals surface area contributed by atoms with Crippen LogP contribution in [0.15, 0.2) is 51.5 Å². The number of benzene rings is 2. The highest BCUT2D eigenvalue weighted by Crippen LogP contribution is 2.31. The van der Waals surface area contributed by atoms with Crippen molar-refractivity contribution in [1.82, 2.24) is 10.1 Å². The second-order valence-electron chi connectivity index (χ2n) is 4.80. The van der Waals surface area contributed by atoms with Crippen molar-refractivity contribution in [3.05, 3.63) is 62.9 Å². The first-order valence-corrected chi connectivity index (χ1v) is 8.29. The monoisotopic (exact) mass is 412 g/mol. The van der Waals surface area contributed by atoms with E-state index in [1.165, 1.54) is 0 Å². The van der Waals surface area contributed by atoms with E-state index in [9.17, 15) is 0 Å². The van der Waals surface area contributed by atoms with Gasteiger partial charge in [-0.3, -0.25) is 0 Å². The van der Waals surface area contributed by atoms with Gasteiger partial charge in [0.05, 0.1) is 5.02 Å². The molecule has 0 fully saturated rings. The minimum Gasteiger partial charge on any atom is -0.479 e. The first kappa shape index (κ1) is 16.3.